The van der Waals surface area contributed by atoms with E-state index in [1.54, 1.807) is 0 Å². The first-order valence-electron chi connectivity index (χ1n) is 6.14. The summed E-state index contributed by atoms with van der Waals surface area (Å²) in [6.07, 6.45) is 0. The highest BCUT2D eigenvalue weighted by molar-refractivity contribution is 9.10. The molecule has 1 aromatic heterocycles. The van der Waals surface area contributed by atoms with Gasteiger partial charge in [0.25, 0.3) is 0 Å². The van der Waals surface area contributed by atoms with Gasteiger partial charge >= 0.3 is 0 Å². The van der Waals surface area contributed by atoms with Crippen LogP contribution in [-0.4, -0.2) is 4.98 Å². The van der Waals surface area contributed by atoms with Crippen molar-refractivity contribution in [3.8, 4) is 11.6 Å². The summed E-state index contributed by atoms with van der Waals surface area (Å²) < 4.78 is 6.91. The second kappa shape index (κ2) is 5.81. The number of hydrogen-bond donors (Lipinski definition) is 0. The predicted molar refractivity (Wildman–Crippen MR) is 85.5 cm³/mol. The molecule has 3 aromatic rings. The van der Waals surface area contributed by atoms with Gasteiger partial charge in [-0.1, -0.05) is 34.1 Å². The Kier molecular flexibility index (Phi) is 3.90. The summed E-state index contributed by atoms with van der Waals surface area (Å²) in [5.74, 6) is 1.69. The largest absolute Gasteiger partial charge is 0.438 e. The average molecular weight is 349 g/mol. The highest BCUT2D eigenvalue weighted by atomic mass is 79.9. The number of halogens is 2. The van der Waals surface area contributed by atoms with Crippen molar-refractivity contribution in [2.24, 2.45) is 0 Å². The molecule has 0 radical (unpaired) electrons. The Bertz CT molecular complexity index is 743. The summed E-state index contributed by atoms with van der Waals surface area (Å²) in [4.78, 5) is 4.47. The fraction of sp³-hybridized carbons (Fsp3) is 0.0625. The molecule has 0 atom stereocenters. The van der Waals surface area contributed by atoms with Gasteiger partial charge in [-0.15, -0.1) is 11.6 Å². The van der Waals surface area contributed by atoms with E-state index in [9.17, 15) is 0 Å². The molecular weight excluding hydrogens is 338 g/mol. The number of ether oxygens (including phenoxy) is 1. The lowest BCUT2D eigenvalue weighted by Gasteiger charge is -2.09. The molecule has 0 aliphatic rings. The summed E-state index contributed by atoms with van der Waals surface area (Å²) in [5.41, 5.74) is 0.803. The van der Waals surface area contributed by atoms with Crippen LogP contribution in [0.4, 0.5) is 0 Å². The molecule has 0 fully saturated rings. The smallest absolute Gasteiger partial charge is 0.227 e. The molecule has 1 heterocycles. The number of fused-ring (bicyclic) bond motifs is 1. The lowest BCUT2D eigenvalue weighted by Crippen LogP contribution is -1.93. The Morgan fingerprint density at radius 1 is 1.05 bits per heavy atom. The van der Waals surface area contributed by atoms with Crippen LogP contribution in [0, 0.1) is 0 Å². The first-order chi connectivity index (χ1) is 9.76. The topological polar surface area (TPSA) is 22.1 Å². The van der Waals surface area contributed by atoms with Crippen molar-refractivity contribution in [2.75, 3.05) is 0 Å². The van der Waals surface area contributed by atoms with Crippen molar-refractivity contribution in [1.29, 1.82) is 0 Å². The van der Waals surface area contributed by atoms with E-state index < -0.39 is 0 Å². The Labute approximate surface area is 130 Å². The molecule has 0 aliphatic heterocycles. The zero-order chi connectivity index (χ0) is 13.9. The van der Waals surface area contributed by atoms with E-state index in [1.165, 1.54) is 0 Å². The predicted octanol–water partition coefficient (Wildman–Crippen LogP) is 5.53. The summed E-state index contributed by atoms with van der Waals surface area (Å²) >= 11 is 9.30. The quantitative estimate of drug-likeness (QED) is 0.581. The molecule has 0 N–H and O–H groups in total. The molecule has 0 saturated carbocycles. The molecule has 0 bridgehead atoms. The maximum absolute atomic E-state index is 5.90. The minimum Gasteiger partial charge on any atom is -0.438 e. The van der Waals surface area contributed by atoms with Crippen LogP contribution in [0.25, 0.3) is 10.8 Å². The molecule has 0 saturated heterocycles. The zero-order valence-electron chi connectivity index (χ0n) is 10.5. The van der Waals surface area contributed by atoms with Crippen LogP contribution in [0.15, 0.2) is 59.1 Å². The van der Waals surface area contributed by atoms with Gasteiger partial charge in [0.05, 0.1) is 11.6 Å². The second-order valence-corrected chi connectivity index (χ2v) is 5.51. The Hall–Kier alpha value is -1.58. The molecule has 0 aliphatic carbocycles. The number of nitrogens with zero attached hydrogens (tertiary/aromatic N) is 1. The van der Waals surface area contributed by atoms with Gasteiger partial charge in [0, 0.05) is 9.86 Å². The van der Waals surface area contributed by atoms with Crippen molar-refractivity contribution in [3.05, 3.63) is 64.8 Å². The number of hydrogen-bond acceptors (Lipinski definition) is 2. The van der Waals surface area contributed by atoms with E-state index >= 15 is 0 Å². The molecule has 2 aromatic carbocycles. The molecule has 0 spiro atoms. The van der Waals surface area contributed by atoms with E-state index in [4.69, 9.17) is 16.3 Å². The minimum absolute atomic E-state index is 0.363. The Morgan fingerprint density at radius 2 is 1.80 bits per heavy atom. The van der Waals surface area contributed by atoms with Crippen molar-refractivity contribution < 1.29 is 4.74 Å². The highest BCUT2D eigenvalue weighted by Gasteiger charge is 2.07. The van der Waals surface area contributed by atoms with Gasteiger partial charge in [-0.3, -0.25) is 0 Å². The van der Waals surface area contributed by atoms with Gasteiger partial charge in [0.1, 0.15) is 5.75 Å². The maximum Gasteiger partial charge on any atom is 0.227 e. The third-order valence-corrected chi connectivity index (χ3v) is 3.73. The second-order valence-electron chi connectivity index (χ2n) is 4.33. The van der Waals surface area contributed by atoms with E-state index in [2.05, 4.69) is 20.9 Å². The number of benzene rings is 2. The van der Waals surface area contributed by atoms with Crippen LogP contribution >= 0.6 is 27.5 Å². The fourth-order valence-electron chi connectivity index (χ4n) is 1.98. The van der Waals surface area contributed by atoms with Crippen molar-refractivity contribution >= 4 is 38.3 Å². The zero-order valence-corrected chi connectivity index (χ0v) is 12.9. The Morgan fingerprint density at radius 3 is 2.55 bits per heavy atom. The van der Waals surface area contributed by atoms with Crippen LogP contribution in [-0.2, 0) is 5.88 Å². The molecule has 0 amide bonds. The van der Waals surface area contributed by atoms with Gasteiger partial charge in [-0.05, 0) is 41.8 Å². The van der Waals surface area contributed by atoms with E-state index in [1.807, 2.05) is 54.6 Å². The number of rotatable bonds is 3. The number of alkyl halides is 1. The van der Waals surface area contributed by atoms with Crippen LogP contribution < -0.4 is 4.74 Å². The monoisotopic (exact) mass is 347 g/mol. The summed E-state index contributed by atoms with van der Waals surface area (Å²) in [5, 5.41) is 2.05. The van der Waals surface area contributed by atoms with Crippen LogP contribution in [0.2, 0.25) is 0 Å². The molecule has 2 nitrogen and oxygen atoms in total. The Balaban J connectivity index is 2.07. The van der Waals surface area contributed by atoms with E-state index in [0.717, 1.165) is 26.7 Å². The summed E-state index contributed by atoms with van der Waals surface area (Å²) in [6, 6.07) is 17.6. The molecule has 4 heteroatoms. The van der Waals surface area contributed by atoms with Gasteiger partial charge in [0.2, 0.25) is 5.88 Å². The van der Waals surface area contributed by atoms with Gasteiger partial charge < -0.3 is 4.74 Å². The van der Waals surface area contributed by atoms with Crippen molar-refractivity contribution in [3.63, 3.8) is 0 Å². The molecule has 0 unspecified atom stereocenters. The van der Waals surface area contributed by atoms with Crippen LogP contribution in [0.3, 0.4) is 0 Å². The van der Waals surface area contributed by atoms with E-state index in [-0.39, 0.29) is 0 Å². The SMILES string of the molecule is ClCc1cc2ccccc2c(Oc2ccc(Br)cc2)n1. The third-order valence-electron chi connectivity index (χ3n) is 2.92. The van der Waals surface area contributed by atoms with E-state index in [0.29, 0.717) is 11.8 Å². The molecular formula is C16H11BrClNO. The van der Waals surface area contributed by atoms with Crippen molar-refractivity contribution in [1.82, 2.24) is 4.98 Å². The normalized spacial score (nSPS) is 10.7. The van der Waals surface area contributed by atoms with Crippen LogP contribution in [0.1, 0.15) is 5.69 Å². The first-order valence-corrected chi connectivity index (χ1v) is 7.47. The summed E-state index contributed by atoms with van der Waals surface area (Å²) in [7, 11) is 0. The average Bonchev–Trinajstić information content (AvgIpc) is 2.49. The number of aromatic nitrogens is 1. The van der Waals surface area contributed by atoms with Gasteiger partial charge in [0.15, 0.2) is 0 Å². The van der Waals surface area contributed by atoms with Gasteiger partial charge in [-0.25, -0.2) is 4.98 Å². The first kappa shape index (κ1) is 13.4. The lowest BCUT2D eigenvalue weighted by molar-refractivity contribution is 0.468. The molecule has 20 heavy (non-hydrogen) atoms. The standard InChI is InChI=1S/C16H11BrClNO/c17-12-5-7-14(8-6-12)20-16-15-4-2-1-3-11(15)9-13(10-18)19-16/h1-9H,10H2. The highest BCUT2D eigenvalue weighted by Crippen LogP contribution is 2.29. The fourth-order valence-corrected chi connectivity index (χ4v) is 2.38. The molecule has 3 rings (SSSR count). The third kappa shape index (κ3) is 2.79. The maximum atomic E-state index is 5.90. The number of pyridine rings is 1. The summed E-state index contributed by atoms with van der Waals surface area (Å²) in [6.45, 7) is 0. The lowest BCUT2D eigenvalue weighted by atomic mass is 10.1. The van der Waals surface area contributed by atoms with Crippen molar-refractivity contribution in [2.45, 2.75) is 5.88 Å². The van der Waals surface area contributed by atoms with Gasteiger partial charge in [-0.2, -0.15) is 0 Å². The molecule has 100 valence electrons. The van der Waals surface area contributed by atoms with Crippen LogP contribution in [0.5, 0.6) is 11.6 Å². The minimum atomic E-state index is 0.363.